The van der Waals surface area contributed by atoms with Crippen molar-refractivity contribution in [1.82, 2.24) is 9.97 Å². The van der Waals surface area contributed by atoms with Gasteiger partial charge in [0.1, 0.15) is 0 Å². The summed E-state index contributed by atoms with van der Waals surface area (Å²) in [5.74, 6) is 6.52. The highest BCUT2D eigenvalue weighted by atomic mass is 14.8. The van der Waals surface area contributed by atoms with Crippen LogP contribution in [0.2, 0.25) is 0 Å². The number of rotatable bonds is 1. The Morgan fingerprint density at radius 3 is 2.40 bits per heavy atom. The second-order valence-corrected chi connectivity index (χ2v) is 5.91. The van der Waals surface area contributed by atoms with Crippen molar-refractivity contribution in [2.24, 2.45) is 0 Å². The van der Waals surface area contributed by atoms with E-state index < -0.39 is 0 Å². The molecule has 0 saturated heterocycles. The normalized spacial score (nSPS) is 10.3. The smallest absolute Gasteiger partial charge is 0.0894 e. The molecule has 118 valence electrons. The van der Waals surface area contributed by atoms with Crippen molar-refractivity contribution in [2.45, 2.75) is 6.92 Å². The Morgan fingerprint density at radius 2 is 1.60 bits per heavy atom. The Kier molecular flexibility index (Phi) is 3.98. The van der Waals surface area contributed by atoms with E-state index in [-0.39, 0.29) is 0 Å². The number of aromatic nitrogens is 2. The molecule has 2 heteroatoms. The Labute approximate surface area is 147 Å². The Bertz CT molecular complexity index is 1090. The summed E-state index contributed by atoms with van der Waals surface area (Å²) in [7, 11) is 0. The lowest BCUT2D eigenvalue weighted by Crippen LogP contribution is -1.91. The first kappa shape index (κ1) is 15.1. The van der Waals surface area contributed by atoms with Crippen molar-refractivity contribution < 1.29 is 0 Å². The summed E-state index contributed by atoms with van der Waals surface area (Å²) in [4.78, 5) is 9.23. The third-order valence-electron chi connectivity index (χ3n) is 3.98. The zero-order chi connectivity index (χ0) is 17.1. The van der Waals surface area contributed by atoms with Crippen LogP contribution in [0.15, 0.2) is 79.0 Å². The summed E-state index contributed by atoms with van der Waals surface area (Å²) in [5.41, 5.74) is 5.76. The van der Waals surface area contributed by atoms with Gasteiger partial charge in [-0.3, -0.25) is 4.98 Å². The van der Waals surface area contributed by atoms with Crippen LogP contribution < -0.4 is 0 Å². The third-order valence-corrected chi connectivity index (χ3v) is 3.98. The fourth-order valence-electron chi connectivity index (χ4n) is 2.80. The molecule has 0 fully saturated rings. The van der Waals surface area contributed by atoms with E-state index in [0.717, 1.165) is 33.4 Å². The van der Waals surface area contributed by atoms with E-state index in [2.05, 4.69) is 41.9 Å². The molecule has 25 heavy (non-hydrogen) atoms. The third kappa shape index (κ3) is 3.27. The van der Waals surface area contributed by atoms with Crippen LogP contribution in [0.5, 0.6) is 0 Å². The van der Waals surface area contributed by atoms with Gasteiger partial charge in [0.15, 0.2) is 0 Å². The number of nitrogens with zero attached hydrogens (tertiary/aromatic N) is 2. The van der Waals surface area contributed by atoms with Crippen LogP contribution in [-0.2, 0) is 0 Å². The maximum Gasteiger partial charge on any atom is 0.0894 e. The molecule has 0 radical (unpaired) electrons. The van der Waals surface area contributed by atoms with E-state index in [1.54, 1.807) is 6.20 Å². The lowest BCUT2D eigenvalue weighted by Gasteiger charge is -2.06. The highest BCUT2D eigenvalue weighted by Gasteiger charge is 2.06. The number of pyridine rings is 2. The van der Waals surface area contributed by atoms with Gasteiger partial charge in [-0.05, 0) is 55.0 Å². The van der Waals surface area contributed by atoms with E-state index in [0.29, 0.717) is 0 Å². The number of benzene rings is 2. The van der Waals surface area contributed by atoms with Gasteiger partial charge in [0.05, 0.1) is 22.5 Å². The van der Waals surface area contributed by atoms with E-state index in [1.807, 2.05) is 54.6 Å². The first-order valence-corrected chi connectivity index (χ1v) is 8.19. The Hall–Kier alpha value is -3.44. The number of aryl methyl sites for hydroxylation is 1. The zero-order valence-corrected chi connectivity index (χ0v) is 13.9. The highest BCUT2D eigenvalue weighted by molar-refractivity contribution is 5.87. The molecule has 0 unspecified atom stereocenters. The fraction of sp³-hybridized carbons (Fsp3) is 0.0435. The molecular weight excluding hydrogens is 304 g/mol. The molecule has 0 aliphatic carbocycles. The first-order chi connectivity index (χ1) is 12.3. The summed E-state index contributed by atoms with van der Waals surface area (Å²) in [6.45, 7) is 2.08. The van der Waals surface area contributed by atoms with Crippen LogP contribution in [0.3, 0.4) is 0 Å². The average Bonchev–Trinajstić information content (AvgIpc) is 2.67. The molecule has 0 saturated carbocycles. The summed E-state index contributed by atoms with van der Waals surface area (Å²) >= 11 is 0. The van der Waals surface area contributed by atoms with Crippen molar-refractivity contribution >= 4 is 10.9 Å². The molecular formula is C23H16N2. The number of fused-ring (bicyclic) bond motifs is 1. The van der Waals surface area contributed by atoms with Crippen LogP contribution in [0, 0.1) is 18.8 Å². The standard InChI is InChI=1S/C23H16N2/c1-17-15-19(11-10-18-7-3-2-4-8-18)23-20(16-17)12-13-22(25-23)21-9-5-6-14-24-21/h2-9,12-16H,1H3. The zero-order valence-electron chi connectivity index (χ0n) is 13.9. The van der Waals surface area contributed by atoms with E-state index in [1.165, 1.54) is 5.56 Å². The number of hydrogen-bond acceptors (Lipinski definition) is 2. The van der Waals surface area contributed by atoms with E-state index >= 15 is 0 Å². The summed E-state index contributed by atoms with van der Waals surface area (Å²) in [6.07, 6.45) is 1.78. The molecule has 2 aromatic heterocycles. The lowest BCUT2D eigenvalue weighted by molar-refractivity contribution is 1.27. The molecule has 0 bridgehead atoms. The molecule has 0 spiro atoms. The SMILES string of the molecule is Cc1cc(C#Cc2ccccc2)c2nc(-c3ccccn3)ccc2c1. The number of hydrogen-bond donors (Lipinski definition) is 0. The van der Waals surface area contributed by atoms with Gasteiger partial charge >= 0.3 is 0 Å². The van der Waals surface area contributed by atoms with Crippen molar-refractivity contribution in [2.75, 3.05) is 0 Å². The predicted molar refractivity (Wildman–Crippen MR) is 102 cm³/mol. The maximum absolute atomic E-state index is 4.83. The van der Waals surface area contributed by atoms with Crippen molar-refractivity contribution in [3.63, 3.8) is 0 Å². The Balaban J connectivity index is 1.87. The van der Waals surface area contributed by atoms with Crippen molar-refractivity contribution in [3.05, 3.63) is 95.7 Å². The summed E-state index contributed by atoms with van der Waals surface area (Å²) in [6, 6.07) is 24.2. The topological polar surface area (TPSA) is 25.8 Å². The first-order valence-electron chi connectivity index (χ1n) is 8.19. The van der Waals surface area contributed by atoms with Crippen molar-refractivity contribution in [1.29, 1.82) is 0 Å². The largest absolute Gasteiger partial charge is 0.255 e. The second kappa shape index (κ2) is 6.59. The molecule has 2 nitrogen and oxygen atoms in total. The molecule has 2 heterocycles. The highest BCUT2D eigenvalue weighted by Crippen LogP contribution is 2.23. The molecule has 4 rings (SSSR count). The molecule has 4 aromatic rings. The van der Waals surface area contributed by atoms with Gasteiger partial charge in [0.2, 0.25) is 0 Å². The maximum atomic E-state index is 4.83. The molecule has 0 N–H and O–H groups in total. The molecule has 0 aliphatic rings. The molecule has 0 atom stereocenters. The van der Waals surface area contributed by atoms with E-state index in [9.17, 15) is 0 Å². The van der Waals surface area contributed by atoms with Crippen LogP contribution in [-0.4, -0.2) is 9.97 Å². The van der Waals surface area contributed by atoms with Crippen LogP contribution in [0.1, 0.15) is 16.7 Å². The van der Waals surface area contributed by atoms with Gasteiger partial charge < -0.3 is 0 Å². The van der Waals surface area contributed by atoms with Gasteiger partial charge in [-0.15, -0.1) is 0 Å². The van der Waals surface area contributed by atoms with E-state index in [4.69, 9.17) is 4.98 Å². The monoisotopic (exact) mass is 320 g/mol. The quantitative estimate of drug-likeness (QED) is 0.461. The van der Waals surface area contributed by atoms with Gasteiger partial charge in [-0.25, -0.2) is 4.98 Å². The fourth-order valence-corrected chi connectivity index (χ4v) is 2.80. The van der Waals surface area contributed by atoms with Gasteiger partial charge in [0.25, 0.3) is 0 Å². The summed E-state index contributed by atoms with van der Waals surface area (Å²) in [5, 5.41) is 1.09. The van der Waals surface area contributed by atoms with Gasteiger partial charge in [-0.1, -0.05) is 42.2 Å². The lowest BCUT2D eigenvalue weighted by atomic mass is 10.0. The minimum Gasteiger partial charge on any atom is -0.255 e. The molecule has 0 amide bonds. The van der Waals surface area contributed by atoms with Crippen LogP contribution in [0.4, 0.5) is 0 Å². The molecule has 0 aliphatic heterocycles. The minimum atomic E-state index is 0.861. The second-order valence-electron chi connectivity index (χ2n) is 5.91. The average molecular weight is 320 g/mol. The van der Waals surface area contributed by atoms with Crippen molar-refractivity contribution in [3.8, 4) is 23.2 Å². The van der Waals surface area contributed by atoms with Crippen LogP contribution >= 0.6 is 0 Å². The molecule has 2 aromatic carbocycles. The van der Waals surface area contributed by atoms with Gasteiger partial charge in [-0.2, -0.15) is 0 Å². The van der Waals surface area contributed by atoms with Gasteiger partial charge in [0, 0.05) is 17.1 Å². The predicted octanol–water partition coefficient (Wildman–Crippen LogP) is 5.01. The van der Waals surface area contributed by atoms with Crippen LogP contribution in [0.25, 0.3) is 22.3 Å². The minimum absolute atomic E-state index is 0.861. The Morgan fingerprint density at radius 1 is 0.760 bits per heavy atom. The summed E-state index contributed by atoms with van der Waals surface area (Å²) < 4.78 is 0.